The van der Waals surface area contributed by atoms with Crippen LogP contribution in [0, 0.1) is 13.8 Å². The third kappa shape index (κ3) is 15.6. The van der Waals surface area contributed by atoms with Crippen LogP contribution < -0.4 is 48.3 Å². The van der Waals surface area contributed by atoms with E-state index in [1.807, 2.05) is 74.5 Å². The molecule has 1 aliphatic heterocycles. The Balaban J connectivity index is 1.45. The van der Waals surface area contributed by atoms with Gasteiger partial charge < -0.3 is 43.0 Å². The lowest BCUT2D eigenvalue weighted by Crippen LogP contribution is -2.57. The number of aromatic amines is 1. The third-order valence-electron chi connectivity index (χ3n) is 12.7. The molecule has 0 bridgehead atoms. The summed E-state index contributed by atoms with van der Waals surface area (Å²) in [6.45, 7) is 3.99. The number of nitrogens with zero attached hydrogens (tertiary/aromatic N) is 1. The summed E-state index contributed by atoms with van der Waals surface area (Å²) in [5.41, 5.74) is 16.7. The molecule has 0 spiro atoms. The number of hydrogen-bond acceptors (Lipinski definition) is 10. The summed E-state index contributed by atoms with van der Waals surface area (Å²) >= 11 is 0. The van der Waals surface area contributed by atoms with Crippen molar-refractivity contribution in [3.05, 3.63) is 101 Å². The van der Waals surface area contributed by atoms with Crippen molar-refractivity contribution in [1.82, 2.24) is 36.9 Å². The molecule has 17 heteroatoms. The normalized spacial score (nSPS) is 22.2. The number of amides is 6. The highest BCUT2D eigenvalue weighted by Gasteiger charge is 2.35. The molecular weight excluding hydrogens is 865 g/mol. The summed E-state index contributed by atoms with van der Waals surface area (Å²) in [6.07, 6.45) is 5.15. The molecule has 5 atom stereocenters. The molecule has 6 amide bonds. The Morgan fingerprint density at radius 2 is 1.50 bits per heavy atom. The highest BCUT2D eigenvalue weighted by molar-refractivity contribution is 6.04. The molecule has 366 valence electrons. The molecule has 0 radical (unpaired) electrons. The smallest absolute Gasteiger partial charge is 0.247 e. The van der Waals surface area contributed by atoms with Crippen molar-refractivity contribution in [2.75, 3.05) is 44.7 Å². The van der Waals surface area contributed by atoms with Crippen LogP contribution in [0.5, 0.6) is 0 Å². The summed E-state index contributed by atoms with van der Waals surface area (Å²) in [7, 11) is 1.67. The van der Waals surface area contributed by atoms with E-state index in [9.17, 15) is 33.6 Å². The molecule has 17 nitrogen and oxygen atoms in total. The van der Waals surface area contributed by atoms with Crippen LogP contribution in [0.1, 0.15) is 92.4 Å². The van der Waals surface area contributed by atoms with Gasteiger partial charge in [-0.1, -0.05) is 66.2 Å². The minimum Gasteiger partial charge on any atom is -0.368 e. The largest absolute Gasteiger partial charge is 0.368 e. The minimum atomic E-state index is -1.13. The van der Waals surface area contributed by atoms with Crippen LogP contribution in [0.15, 0.2) is 79.0 Å². The molecule has 3 aromatic carbocycles. The minimum absolute atomic E-state index is 0.0811. The Kier molecular flexibility index (Phi) is 20.7. The number of Topliss-reactive ketones (excluding diaryl/α,β-unsaturated/α-hetero) is 1. The molecule has 2 heterocycles. The lowest BCUT2D eigenvalue weighted by atomic mass is 9.90. The number of rotatable bonds is 9. The van der Waals surface area contributed by atoms with Gasteiger partial charge in [-0.05, 0) is 114 Å². The predicted molar refractivity (Wildman–Crippen MR) is 263 cm³/mol. The quantitative estimate of drug-likeness (QED) is 0.119. The van der Waals surface area contributed by atoms with E-state index in [1.165, 1.54) is 4.90 Å². The Morgan fingerprint density at radius 1 is 0.779 bits per heavy atom. The maximum atomic E-state index is 14.8. The summed E-state index contributed by atoms with van der Waals surface area (Å²) < 4.78 is 0. The molecule has 0 aliphatic carbocycles. The number of nitrogens with two attached hydrogens (primary N) is 2. The lowest BCUT2D eigenvalue weighted by molar-refractivity contribution is -0.130. The topological polar surface area (TPSA) is 263 Å². The van der Waals surface area contributed by atoms with E-state index in [1.54, 1.807) is 25.4 Å². The first-order valence-corrected chi connectivity index (χ1v) is 23.8. The zero-order valence-electron chi connectivity index (χ0n) is 39.7. The van der Waals surface area contributed by atoms with Gasteiger partial charge in [-0.2, -0.15) is 0 Å². The number of likely N-dealkylation sites (N-methyl/N-ethyl adjacent to an activating group) is 1. The van der Waals surface area contributed by atoms with Crippen molar-refractivity contribution in [3.8, 4) is 0 Å². The average Bonchev–Trinajstić information content (AvgIpc) is 3.74. The number of H-pyrrole nitrogens is 1. The standard InChI is InChI=1S/C51H70N10O7/c1-33-17-19-35(20-18-33)36-21-23-47(64)59-32-48(65)61(43-15-7-4-11-34(43)2)44(16-10-26-52)51(68)60-42(29-37-30-57-39-13-6-5-12-38(37)39)45(62)31-58-40(49(53)66)14-8-9-27-55-46(63)24-22-41(54-3)50(67)56-28-25-36/h4-7,11-13,15,17-20,30,36,40-42,44,54,57-58H,8-10,14,16,21-29,31-32,52H2,1-3H3,(H2,53,66)(H,55,63)(H,56,67)(H,59,64)(H,60,68)/t36?,40-,41-,42-,44?/m0/s1. The average molecular weight is 935 g/mol. The van der Waals surface area contributed by atoms with Gasteiger partial charge in [0, 0.05) is 55.1 Å². The maximum Gasteiger partial charge on any atom is 0.247 e. The zero-order valence-corrected chi connectivity index (χ0v) is 39.7. The molecule has 1 saturated heterocycles. The molecular formula is C51H70N10O7. The Morgan fingerprint density at radius 3 is 2.24 bits per heavy atom. The summed E-state index contributed by atoms with van der Waals surface area (Å²) in [6, 6.07) is 19.1. The highest BCUT2D eigenvalue weighted by Crippen LogP contribution is 2.27. The monoisotopic (exact) mass is 935 g/mol. The number of benzene rings is 3. The van der Waals surface area contributed by atoms with Gasteiger partial charge in [0.25, 0.3) is 0 Å². The van der Waals surface area contributed by atoms with Crippen molar-refractivity contribution in [3.63, 3.8) is 0 Å². The van der Waals surface area contributed by atoms with Gasteiger partial charge in [0.1, 0.15) is 6.04 Å². The number of aryl methyl sites for hydroxylation is 2. The number of anilines is 1. The van der Waals surface area contributed by atoms with Gasteiger partial charge in [-0.25, -0.2) is 0 Å². The number of para-hydroxylation sites is 2. The molecule has 1 aromatic heterocycles. The van der Waals surface area contributed by atoms with Gasteiger partial charge in [0.2, 0.25) is 35.4 Å². The molecule has 1 fully saturated rings. The van der Waals surface area contributed by atoms with E-state index < -0.39 is 54.2 Å². The fourth-order valence-electron chi connectivity index (χ4n) is 8.66. The molecule has 11 N–H and O–H groups in total. The number of carbonyl (C=O) groups excluding carboxylic acids is 7. The van der Waals surface area contributed by atoms with Gasteiger partial charge in [0.05, 0.1) is 31.2 Å². The third-order valence-corrected chi connectivity index (χ3v) is 12.7. The van der Waals surface area contributed by atoms with Crippen LogP contribution in [0.4, 0.5) is 5.69 Å². The number of ketones is 1. The van der Waals surface area contributed by atoms with E-state index in [0.717, 1.165) is 27.6 Å². The second-order valence-electron chi connectivity index (χ2n) is 17.7. The van der Waals surface area contributed by atoms with E-state index >= 15 is 0 Å². The Bertz CT molecular complexity index is 2330. The van der Waals surface area contributed by atoms with Gasteiger partial charge in [-0.15, -0.1) is 0 Å². The lowest BCUT2D eigenvalue weighted by Gasteiger charge is -2.33. The van der Waals surface area contributed by atoms with Crippen molar-refractivity contribution < 1.29 is 33.6 Å². The number of carbonyl (C=O) groups is 7. The number of hydrogen-bond donors (Lipinski definition) is 9. The molecule has 0 saturated carbocycles. The van der Waals surface area contributed by atoms with E-state index in [4.69, 9.17) is 11.5 Å². The van der Waals surface area contributed by atoms with Crippen molar-refractivity contribution >= 4 is 57.8 Å². The van der Waals surface area contributed by atoms with Crippen LogP contribution in [0.2, 0.25) is 0 Å². The van der Waals surface area contributed by atoms with Crippen LogP contribution in [0.3, 0.4) is 0 Å². The van der Waals surface area contributed by atoms with Crippen LogP contribution in [-0.2, 0) is 40.0 Å². The number of aromatic nitrogens is 1. The Labute approximate surface area is 399 Å². The second-order valence-corrected chi connectivity index (χ2v) is 17.7. The fraction of sp³-hybridized carbons (Fsp3) is 0.471. The first kappa shape index (κ1) is 52.5. The van der Waals surface area contributed by atoms with Gasteiger partial charge in [0.15, 0.2) is 5.78 Å². The fourth-order valence-corrected chi connectivity index (χ4v) is 8.66. The summed E-state index contributed by atoms with van der Waals surface area (Å²) in [5.74, 6) is -3.12. The number of nitrogens with one attached hydrogen (secondary N) is 7. The molecule has 2 unspecified atom stereocenters. The van der Waals surface area contributed by atoms with Crippen LogP contribution in [-0.4, -0.2) is 110 Å². The highest BCUT2D eigenvalue weighted by atomic mass is 16.2. The van der Waals surface area contributed by atoms with Crippen molar-refractivity contribution in [1.29, 1.82) is 0 Å². The number of fused-ring (bicyclic) bond motifs is 1. The van der Waals surface area contributed by atoms with E-state index in [2.05, 4.69) is 36.9 Å². The number of primary amides is 1. The maximum absolute atomic E-state index is 14.8. The Hall–Kier alpha value is -6.43. The van der Waals surface area contributed by atoms with E-state index in [-0.39, 0.29) is 75.3 Å². The SMILES string of the molecule is CN[C@H]1CCC(=O)NCCCC[C@@H](C(N)=O)NCC(=O)[C@H](Cc2c[nH]c3ccccc23)NC(=O)C(CCCN)N(c2ccccc2C)C(=O)CNC(=O)CCC(c2ccc(C)cc2)CCNC1=O. The summed E-state index contributed by atoms with van der Waals surface area (Å²) in [5, 5.41) is 18.5. The van der Waals surface area contributed by atoms with Gasteiger partial charge in [-0.3, -0.25) is 43.8 Å². The van der Waals surface area contributed by atoms with Crippen molar-refractivity contribution in [2.24, 2.45) is 11.5 Å². The first-order chi connectivity index (χ1) is 32.8. The van der Waals surface area contributed by atoms with Crippen LogP contribution in [0.25, 0.3) is 10.9 Å². The molecule has 5 rings (SSSR count). The second kappa shape index (κ2) is 26.8. The first-order valence-electron chi connectivity index (χ1n) is 23.8. The predicted octanol–water partition coefficient (Wildman–Crippen LogP) is 2.82. The molecule has 68 heavy (non-hydrogen) atoms. The zero-order chi connectivity index (χ0) is 49.0. The van der Waals surface area contributed by atoms with E-state index in [0.29, 0.717) is 56.4 Å². The van der Waals surface area contributed by atoms with Gasteiger partial charge >= 0.3 is 0 Å². The van der Waals surface area contributed by atoms with Crippen molar-refractivity contribution in [2.45, 2.75) is 115 Å². The summed E-state index contributed by atoms with van der Waals surface area (Å²) in [4.78, 5) is 101. The molecule has 1 aliphatic rings. The van der Waals surface area contributed by atoms with Crippen LogP contribution >= 0.6 is 0 Å². The molecule has 4 aromatic rings.